The van der Waals surface area contributed by atoms with E-state index in [2.05, 4.69) is 13.0 Å². The third kappa shape index (κ3) is 12.4. The van der Waals surface area contributed by atoms with Gasteiger partial charge in [-0.25, -0.2) is 4.79 Å². The SMILES string of the molecule is CC[C@H](C)C(=O)O[C@H]1C[C@H](O)C=C2C=C[C@H](C)[C@H](CC[C@@H](O)C[C@@H](O)CC(=O)O)[C@H]21.O=C(O)CC(O)(CC(=O)O)C(=O)O. The van der Waals surface area contributed by atoms with Crippen molar-refractivity contribution in [3.63, 3.8) is 0 Å². The number of esters is 1. The fraction of sp³-hybridized carbons (Fsp3) is 0.690. The van der Waals surface area contributed by atoms with Crippen LogP contribution in [-0.4, -0.2) is 101 Å². The summed E-state index contributed by atoms with van der Waals surface area (Å²) in [7, 11) is 0. The standard InChI is InChI=1S/C23H36O7.C6H8O7/c1-4-13(2)23(29)30-20-11-17(25)9-15-6-5-14(3)19(22(15)20)8-7-16(24)10-18(26)12-21(27)28;7-3(8)1-6(13,5(11)12)2-4(9)10/h5-6,9,13-14,16-20,22,24-26H,4,7-8,10-12H2,1-3H3,(H,27,28);13H,1-2H2,(H,7,8)(H,9,10)(H,11,12)/t13-,14-,16+,17+,18+,19-,20-,22-;/m0./s1. The Morgan fingerprint density at radius 2 is 1.58 bits per heavy atom. The average molecular weight is 617 g/mol. The number of carboxylic acid groups (broad SMARTS) is 4. The van der Waals surface area contributed by atoms with Crippen LogP contribution in [0.2, 0.25) is 0 Å². The number of allylic oxidation sites excluding steroid dienone is 2. The molecule has 0 radical (unpaired) electrons. The molecular formula is C29H44O14. The van der Waals surface area contributed by atoms with E-state index in [0.29, 0.717) is 25.7 Å². The van der Waals surface area contributed by atoms with Crippen molar-refractivity contribution < 1.29 is 69.6 Å². The first-order chi connectivity index (χ1) is 19.9. The van der Waals surface area contributed by atoms with E-state index in [1.54, 1.807) is 0 Å². The summed E-state index contributed by atoms with van der Waals surface area (Å²) < 4.78 is 5.84. The van der Waals surface area contributed by atoms with E-state index in [9.17, 15) is 39.3 Å². The van der Waals surface area contributed by atoms with Crippen LogP contribution in [0.3, 0.4) is 0 Å². The Labute approximate surface area is 249 Å². The maximum absolute atomic E-state index is 12.4. The molecule has 0 fully saturated rings. The second-order valence-corrected chi connectivity index (χ2v) is 11.4. The molecule has 0 heterocycles. The molecule has 43 heavy (non-hydrogen) atoms. The van der Waals surface area contributed by atoms with Gasteiger partial charge in [0.1, 0.15) is 6.10 Å². The lowest BCUT2D eigenvalue weighted by Gasteiger charge is -2.43. The molecule has 0 saturated heterocycles. The van der Waals surface area contributed by atoms with Gasteiger partial charge in [0, 0.05) is 12.3 Å². The fourth-order valence-corrected chi connectivity index (χ4v) is 5.23. The number of hydrogen-bond donors (Lipinski definition) is 8. The maximum Gasteiger partial charge on any atom is 0.336 e. The summed E-state index contributed by atoms with van der Waals surface area (Å²) in [5.41, 5.74) is -1.78. The number of carbonyl (C=O) groups is 5. The van der Waals surface area contributed by atoms with Gasteiger partial charge in [-0.2, -0.15) is 0 Å². The van der Waals surface area contributed by atoms with Crippen LogP contribution < -0.4 is 0 Å². The zero-order valence-electron chi connectivity index (χ0n) is 24.5. The number of rotatable bonds is 15. The zero-order valence-corrected chi connectivity index (χ0v) is 24.5. The Bertz CT molecular complexity index is 1030. The van der Waals surface area contributed by atoms with Gasteiger partial charge < -0.3 is 45.6 Å². The molecule has 8 N–H and O–H groups in total. The van der Waals surface area contributed by atoms with Crippen molar-refractivity contribution >= 4 is 29.8 Å². The van der Waals surface area contributed by atoms with E-state index in [1.165, 1.54) is 0 Å². The van der Waals surface area contributed by atoms with Gasteiger partial charge in [-0.1, -0.05) is 39.0 Å². The summed E-state index contributed by atoms with van der Waals surface area (Å²) in [5, 5.41) is 72.9. The Morgan fingerprint density at radius 1 is 1.00 bits per heavy atom. The number of ether oxygens (including phenoxy) is 1. The zero-order chi connectivity index (χ0) is 33.1. The Balaban J connectivity index is 0.000000599. The normalized spacial score (nSPS) is 25.1. The van der Waals surface area contributed by atoms with Crippen molar-refractivity contribution in [3.8, 4) is 0 Å². The number of carboxylic acids is 4. The van der Waals surface area contributed by atoms with Crippen LogP contribution in [0.15, 0.2) is 23.8 Å². The van der Waals surface area contributed by atoms with Gasteiger partial charge in [0.05, 0.1) is 43.5 Å². The number of aliphatic hydroxyl groups excluding tert-OH is 3. The predicted molar refractivity (Wildman–Crippen MR) is 149 cm³/mol. The fourth-order valence-electron chi connectivity index (χ4n) is 5.23. The van der Waals surface area contributed by atoms with Crippen LogP contribution in [-0.2, 0) is 28.7 Å². The third-order valence-corrected chi connectivity index (χ3v) is 7.73. The highest BCUT2D eigenvalue weighted by atomic mass is 16.5. The van der Waals surface area contributed by atoms with Gasteiger partial charge in [-0.3, -0.25) is 19.2 Å². The van der Waals surface area contributed by atoms with E-state index < -0.39 is 66.7 Å². The number of aliphatic carboxylic acids is 4. The lowest BCUT2D eigenvalue weighted by Crippen LogP contribution is -2.43. The van der Waals surface area contributed by atoms with Crippen molar-refractivity contribution in [2.24, 2.45) is 23.7 Å². The van der Waals surface area contributed by atoms with Gasteiger partial charge in [0.25, 0.3) is 0 Å². The minimum atomic E-state index is -2.74. The molecule has 14 nitrogen and oxygen atoms in total. The summed E-state index contributed by atoms with van der Waals surface area (Å²) in [6.45, 7) is 5.85. The molecule has 0 aromatic rings. The second-order valence-electron chi connectivity index (χ2n) is 11.4. The summed E-state index contributed by atoms with van der Waals surface area (Å²) in [5.74, 6) is -6.33. The van der Waals surface area contributed by atoms with Gasteiger partial charge >= 0.3 is 29.8 Å². The quantitative estimate of drug-likeness (QED) is 0.120. The summed E-state index contributed by atoms with van der Waals surface area (Å²) >= 11 is 0. The Hall–Kier alpha value is -3.33. The average Bonchev–Trinajstić information content (AvgIpc) is 2.86. The van der Waals surface area contributed by atoms with Gasteiger partial charge in [-0.05, 0) is 43.1 Å². The molecule has 14 heteroatoms. The predicted octanol–water partition coefficient (Wildman–Crippen LogP) is 1.19. The molecule has 2 aliphatic rings. The first-order valence-electron chi connectivity index (χ1n) is 14.2. The van der Waals surface area contributed by atoms with Gasteiger partial charge in [0.15, 0.2) is 5.60 Å². The van der Waals surface area contributed by atoms with Crippen molar-refractivity contribution in [2.45, 2.75) is 102 Å². The lowest BCUT2D eigenvalue weighted by molar-refractivity contribution is -0.170. The molecule has 0 spiro atoms. The molecule has 8 atom stereocenters. The molecule has 2 aliphatic carbocycles. The van der Waals surface area contributed by atoms with Gasteiger partial charge in [-0.15, -0.1) is 0 Å². The summed E-state index contributed by atoms with van der Waals surface area (Å²) in [6.07, 6.45) is 2.35. The van der Waals surface area contributed by atoms with Crippen molar-refractivity contribution in [3.05, 3.63) is 23.8 Å². The molecule has 0 saturated carbocycles. The van der Waals surface area contributed by atoms with E-state index in [1.807, 2.05) is 26.0 Å². The molecule has 0 aliphatic heterocycles. The third-order valence-electron chi connectivity index (χ3n) is 7.73. The van der Waals surface area contributed by atoms with Crippen molar-refractivity contribution in [1.82, 2.24) is 0 Å². The van der Waals surface area contributed by atoms with E-state index >= 15 is 0 Å². The lowest BCUT2D eigenvalue weighted by atomic mass is 9.66. The smallest absolute Gasteiger partial charge is 0.336 e. The van der Waals surface area contributed by atoms with Crippen LogP contribution in [0.5, 0.6) is 0 Å². The number of carbonyl (C=O) groups excluding carboxylic acids is 1. The topological polar surface area (TPSA) is 256 Å². The number of hydrogen-bond acceptors (Lipinski definition) is 10. The van der Waals surface area contributed by atoms with E-state index in [0.717, 1.165) is 5.57 Å². The molecule has 0 aromatic heterocycles. The minimum Gasteiger partial charge on any atom is -0.481 e. The first kappa shape index (κ1) is 37.7. The van der Waals surface area contributed by atoms with Crippen LogP contribution in [0.25, 0.3) is 0 Å². The van der Waals surface area contributed by atoms with Crippen LogP contribution >= 0.6 is 0 Å². The molecule has 0 amide bonds. The van der Waals surface area contributed by atoms with Crippen molar-refractivity contribution in [1.29, 1.82) is 0 Å². The second kappa shape index (κ2) is 17.1. The minimum absolute atomic E-state index is 0.0156. The Morgan fingerprint density at radius 3 is 2.07 bits per heavy atom. The van der Waals surface area contributed by atoms with Gasteiger partial charge in [0.2, 0.25) is 0 Å². The molecule has 2 rings (SSSR count). The van der Waals surface area contributed by atoms with Crippen LogP contribution in [0.4, 0.5) is 0 Å². The van der Waals surface area contributed by atoms with E-state index in [-0.39, 0.29) is 42.5 Å². The molecule has 244 valence electrons. The first-order valence-corrected chi connectivity index (χ1v) is 14.2. The summed E-state index contributed by atoms with van der Waals surface area (Å²) in [6, 6.07) is 0. The van der Waals surface area contributed by atoms with Crippen LogP contribution in [0.1, 0.15) is 72.1 Å². The molecule has 0 bridgehead atoms. The largest absolute Gasteiger partial charge is 0.481 e. The monoisotopic (exact) mass is 616 g/mol. The highest BCUT2D eigenvalue weighted by Gasteiger charge is 2.42. The van der Waals surface area contributed by atoms with E-state index in [4.69, 9.17) is 30.3 Å². The summed E-state index contributed by atoms with van der Waals surface area (Å²) in [4.78, 5) is 53.6. The molecular weight excluding hydrogens is 572 g/mol. The number of aliphatic hydroxyl groups is 4. The van der Waals surface area contributed by atoms with Crippen LogP contribution in [0, 0.1) is 23.7 Å². The molecule has 0 unspecified atom stereocenters. The maximum atomic E-state index is 12.4. The highest BCUT2D eigenvalue weighted by Crippen LogP contribution is 2.44. The highest BCUT2D eigenvalue weighted by molar-refractivity contribution is 5.88. The van der Waals surface area contributed by atoms with Crippen molar-refractivity contribution in [2.75, 3.05) is 0 Å². The Kier molecular flexibility index (Phi) is 15.0. The molecule has 0 aromatic carbocycles. The number of fused-ring (bicyclic) bond motifs is 1.